The zero-order valence-corrected chi connectivity index (χ0v) is 14.7. The highest BCUT2D eigenvalue weighted by molar-refractivity contribution is 5.39. The molecular formula is C22H27NO. The zero-order valence-electron chi connectivity index (χ0n) is 14.7. The molecule has 0 saturated carbocycles. The van der Waals surface area contributed by atoms with Gasteiger partial charge in [0.05, 0.1) is 12.2 Å². The third kappa shape index (κ3) is 2.78. The van der Waals surface area contributed by atoms with Crippen molar-refractivity contribution in [2.75, 3.05) is 27.2 Å². The van der Waals surface area contributed by atoms with Gasteiger partial charge in [-0.3, -0.25) is 0 Å². The first kappa shape index (κ1) is 15.9. The van der Waals surface area contributed by atoms with E-state index in [1.807, 2.05) is 0 Å². The van der Waals surface area contributed by atoms with E-state index >= 15 is 0 Å². The number of hydrogen-bond acceptors (Lipinski definition) is 2. The van der Waals surface area contributed by atoms with Gasteiger partial charge in [0.2, 0.25) is 0 Å². The van der Waals surface area contributed by atoms with Gasteiger partial charge in [0.15, 0.2) is 0 Å². The van der Waals surface area contributed by atoms with Crippen molar-refractivity contribution in [1.82, 2.24) is 4.90 Å². The normalized spacial score (nSPS) is 28.6. The summed E-state index contributed by atoms with van der Waals surface area (Å²) in [6.45, 7) is 1.97. The van der Waals surface area contributed by atoms with Crippen LogP contribution in [0.5, 0.6) is 0 Å². The SMILES string of the molecule is CN(C)C[C@H]1CO[C@@]2(Cc3ccccc3)CCc3ccccc3[C@H]12. The predicted molar refractivity (Wildman–Crippen MR) is 98.4 cm³/mol. The van der Waals surface area contributed by atoms with Gasteiger partial charge < -0.3 is 9.64 Å². The fraction of sp³-hybridized carbons (Fsp3) is 0.455. The standard InChI is InChI=1S/C22H27NO/c1-23(2)15-19-16-24-22(14-17-8-4-3-5-9-17)13-12-18-10-6-7-11-20(18)21(19)22/h3-11,19,21H,12-16H2,1-2H3/t19-,21-,22+/m0/s1. The minimum absolute atomic E-state index is 0.0314. The van der Waals surface area contributed by atoms with Crippen LogP contribution in [0.1, 0.15) is 29.0 Å². The predicted octanol–water partition coefficient (Wildman–Crippen LogP) is 3.91. The average molecular weight is 321 g/mol. The maximum Gasteiger partial charge on any atom is 0.0798 e. The minimum atomic E-state index is -0.0314. The first-order chi connectivity index (χ1) is 11.7. The molecule has 1 aliphatic heterocycles. The third-order valence-corrected chi connectivity index (χ3v) is 5.78. The molecule has 2 nitrogen and oxygen atoms in total. The number of hydrogen-bond donors (Lipinski definition) is 0. The van der Waals surface area contributed by atoms with Gasteiger partial charge in [0.1, 0.15) is 0 Å². The van der Waals surface area contributed by atoms with Crippen molar-refractivity contribution < 1.29 is 4.74 Å². The maximum atomic E-state index is 6.59. The van der Waals surface area contributed by atoms with E-state index in [-0.39, 0.29) is 5.60 Å². The summed E-state index contributed by atoms with van der Waals surface area (Å²) < 4.78 is 6.59. The molecule has 0 spiro atoms. The third-order valence-electron chi connectivity index (χ3n) is 5.78. The van der Waals surface area contributed by atoms with Crippen LogP contribution in [0, 0.1) is 5.92 Å². The smallest absolute Gasteiger partial charge is 0.0798 e. The second kappa shape index (κ2) is 6.34. The molecule has 1 aliphatic carbocycles. The summed E-state index contributed by atoms with van der Waals surface area (Å²) in [6.07, 6.45) is 3.29. The van der Waals surface area contributed by atoms with E-state index in [1.165, 1.54) is 16.7 Å². The van der Waals surface area contributed by atoms with E-state index in [0.29, 0.717) is 11.8 Å². The molecule has 0 radical (unpaired) electrons. The van der Waals surface area contributed by atoms with E-state index in [2.05, 4.69) is 73.6 Å². The second-order valence-electron chi connectivity index (χ2n) is 7.74. The average Bonchev–Trinajstić information content (AvgIpc) is 2.94. The van der Waals surface area contributed by atoms with Crippen LogP contribution in [0.2, 0.25) is 0 Å². The van der Waals surface area contributed by atoms with Crippen LogP contribution >= 0.6 is 0 Å². The van der Waals surface area contributed by atoms with Gasteiger partial charge in [0, 0.05) is 24.8 Å². The molecule has 4 rings (SSSR count). The Morgan fingerprint density at radius 2 is 1.79 bits per heavy atom. The highest BCUT2D eigenvalue weighted by Gasteiger charge is 2.52. The van der Waals surface area contributed by atoms with Gasteiger partial charge in [-0.2, -0.15) is 0 Å². The van der Waals surface area contributed by atoms with E-state index in [1.54, 1.807) is 0 Å². The summed E-state index contributed by atoms with van der Waals surface area (Å²) in [4.78, 5) is 2.31. The van der Waals surface area contributed by atoms with Crippen molar-refractivity contribution in [1.29, 1.82) is 0 Å². The number of rotatable bonds is 4. The molecule has 126 valence electrons. The Balaban J connectivity index is 1.73. The number of nitrogens with zero attached hydrogens (tertiary/aromatic N) is 1. The highest BCUT2D eigenvalue weighted by Crippen LogP contribution is 2.52. The van der Waals surface area contributed by atoms with Crippen LogP contribution in [0.15, 0.2) is 54.6 Å². The topological polar surface area (TPSA) is 12.5 Å². The van der Waals surface area contributed by atoms with Crippen molar-refractivity contribution in [3.8, 4) is 0 Å². The molecular weight excluding hydrogens is 294 g/mol. The number of ether oxygens (including phenoxy) is 1. The number of fused-ring (bicyclic) bond motifs is 3. The number of aryl methyl sites for hydroxylation is 1. The Hall–Kier alpha value is -1.64. The Kier molecular flexibility index (Phi) is 4.19. The molecule has 2 heteroatoms. The van der Waals surface area contributed by atoms with Crippen LogP contribution in [0.3, 0.4) is 0 Å². The van der Waals surface area contributed by atoms with Gasteiger partial charge in [-0.25, -0.2) is 0 Å². The Morgan fingerprint density at radius 1 is 1.04 bits per heavy atom. The van der Waals surface area contributed by atoms with E-state index in [4.69, 9.17) is 4.74 Å². The molecule has 1 heterocycles. The molecule has 24 heavy (non-hydrogen) atoms. The highest BCUT2D eigenvalue weighted by atomic mass is 16.5. The fourth-order valence-corrected chi connectivity index (χ4v) is 4.88. The molecule has 1 saturated heterocycles. The zero-order chi connectivity index (χ0) is 16.6. The lowest BCUT2D eigenvalue weighted by Crippen LogP contribution is -2.42. The summed E-state index contributed by atoms with van der Waals surface area (Å²) in [5.41, 5.74) is 4.42. The minimum Gasteiger partial charge on any atom is -0.374 e. The summed E-state index contributed by atoms with van der Waals surface area (Å²) >= 11 is 0. The van der Waals surface area contributed by atoms with E-state index in [9.17, 15) is 0 Å². The Bertz CT molecular complexity index is 696. The lowest BCUT2D eigenvalue weighted by molar-refractivity contribution is -0.0163. The van der Waals surface area contributed by atoms with E-state index in [0.717, 1.165) is 32.4 Å². The van der Waals surface area contributed by atoms with Gasteiger partial charge in [-0.1, -0.05) is 54.6 Å². The first-order valence-corrected chi connectivity index (χ1v) is 9.08. The first-order valence-electron chi connectivity index (χ1n) is 9.08. The summed E-state index contributed by atoms with van der Waals surface area (Å²) in [5.74, 6) is 1.08. The molecule has 0 unspecified atom stereocenters. The maximum absolute atomic E-state index is 6.59. The van der Waals surface area contributed by atoms with Gasteiger partial charge in [0.25, 0.3) is 0 Å². The summed E-state index contributed by atoms with van der Waals surface area (Å²) in [5, 5.41) is 0. The molecule has 3 atom stereocenters. The van der Waals surface area contributed by atoms with Crippen molar-refractivity contribution in [2.45, 2.75) is 30.8 Å². The summed E-state index contributed by atoms with van der Waals surface area (Å²) in [6, 6.07) is 19.9. The van der Waals surface area contributed by atoms with Crippen molar-refractivity contribution in [2.24, 2.45) is 5.92 Å². The van der Waals surface area contributed by atoms with Crippen LogP contribution in [-0.2, 0) is 17.6 Å². The molecule has 2 aromatic rings. The molecule has 2 aliphatic rings. The molecule has 2 aromatic carbocycles. The second-order valence-corrected chi connectivity index (χ2v) is 7.74. The van der Waals surface area contributed by atoms with Crippen molar-refractivity contribution in [3.63, 3.8) is 0 Å². The Morgan fingerprint density at radius 3 is 2.58 bits per heavy atom. The van der Waals surface area contributed by atoms with Gasteiger partial charge in [-0.05, 0) is 43.6 Å². The number of benzene rings is 2. The van der Waals surface area contributed by atoms with Crippen LogP contribution in [-0.4, -0.2) is 37.7 Å². The van der Waals surface area contributed by atoms with Crippen molar-refractivity contribution >= 4 is 0 Å². The molecule has 0 aromatic heterocycles. The molecule has 0 amide bonds. The fourth-order valence-electron chi connectivity index (χ4n) is 4.88. The molecule has 1 fully saturated rings. The van der Waals surface area contributed by atoms with E-state index < -0.39 is 0 Å². The molecule has 0 N–H and O–H groups in total. The quantitative estimate of drug-likeness (QED) is 0.847. The summed E-state index contributed by atoms with van der Waals surface area (Å²) in [7, 11) is 4.35. The van der Waals surface area contributed by atoms with Crippen molar-refractivity contribution in [3.05, 3.63) is 71.3 Å². The molecule has 0 bridgehead atoms. The lowest BCUT2D eigenvalue weighted by atomic mass is 9.66. The Labute approximate surface area is 145 Å². The largest absolute Gasteiger partial charge is 0.374 e. The van der Waals surface area contributed by atoms with Crippen LogP contribution in [0.25, 0.3) is 0 Å². The van der Waals surface area contributed by atoms with Gasteiger partial charge in [-0.15, -0.1) is 0 Å². The van der Waals surface area contributed by atoms with Gasteiger partial charge >= 0.3 is 0 Å². The lowest BCUT2D eigenvalue weighted by Gasteiger charge is -2.41. The monoisotopic (exact) mass is 321 g/mol. The van der Waals surface area contributed by atoms with Crippen LogP contribution < -0.4 is 0 Å². The van der Waals surface area contributed by atoms with Crippen LogP contribution in [0.4, 0.5) is 0 Å².